The summed E-state index contributed by atoms with van der Waals surface area (Å²) in [5, 5.41) is 0. The van der Waals surface area contributed by atoms with Crippen molar-refractivity contribution >= 4 is 0 Å². The molecule has 3 atom stereocenters. The quantitative estimate of drug-likeness (QED) is 0.624. The molecule has 0 N–H and O–H groups in total. The van der Waals surface area contributed by atoms with E-state index in [0.717, 1.165) is 0 Å². The molecule has 1 saturated carbocycles. The minimum absolute atomic E-state index is 0.385. The fraction of sp³-hybridized carbons (Fsp3) is 0.800. The molecule has 0 heterocycles. The molecule has 1 aliphatic carbocycles. The van der Waals surface area contributed by atoms with E-state index in [-0.39, 0.29) is 0 Å². The minimum atomic E-state index is -2.34. The minimum Gasteiger partial charge on any atom is -0.248 e. The highest BCUT2D eigenvalue weighted by molar-refractivity contribution is 5.06. The Morgan fingerprint density at radius 3 is 2.21 bits per heavy atom. The van der Waals surface area contributed by atoms with Crippen molar-refractivity contribution in [3.05, 3.63) is 12.3 Å². The Morgan fingerprint density at radius 1 is 1.14 bits per heavy atom. The van der Waals surface area contributed by atoms with Crippen LogP contribution in [-0.2, 0) is 0 Å². The zero-order valence-electron chi connectivity index (χ0n) is 7.86. The summed E-state index contributed by atoms with van der Waals surface area (Å²) >= 11 is 0. The Morgan fingerprint density at radius 2 is 1.71 bits per heavy atom. The average Bonchev–Trinajstić information content (AvgIpc) is 2.27. The highest BCUT2D eigenvalue weighted by Gasteiger charge is 2.36. The van der Waals surface area contributed by atoms with Gasteiger partial charge in [0.1, 0.15) is 12.8 Å². The maximum Gasteiger partial charge on any atom is 0.165 e. The molecule has 2 radical (unpaired) electrons. The SMILES string of the molecule is FCC(F)C(F)C(F)[C]1CC[CH]CC1. The highest BCUT2D eigenvalue weighted by Crippen LogP contribution is 2.33. The standard InChI is InChI=1S/C10H14F4/c11-6-8(12)10(14)9(13)7-4-2-1-3-5-7/h1,8-10H,2-6H2. The van der Waals surface area contributed by atoms with Crippen LogP contribution in [-0.4, -0.2) is 25.2 Å². The summed E-state index contributed by atoms with van der Waals surface area (Å²) in [7, 11) is 0. The van der Waals surface area contributed by atoms with Gasteiger partial charge in [0.05, 0.1) is 0 Å². The van der Waals surface area contributed by atoms with Gasteiger partial charge < -0.3 is 0 Å². The van der Waals surface area contributed by atoms with E-state index in [4.69, 9.17) is 0 Å². The Kier molecular flexibility index (Phi) is 4.69. The molecule has 0 aromatic heterocycles. The molecular weight excluding hydrogens is 196 g/mol. The number of hydrogen-bond donors (Lipinski definition) is 0. The molecule has 14 heavy (non-hydrogen) atoms. The van der Waals surface area contributed by atoms with Gasteiger partial charge in [-0.25, -0.2) is 17.6 Å². The third-order valence-corrected chi connectivity index (χ3v) is 2.50. The summed E-state index contributed by atoms with van der Waals surface area (Å²) in [5.41, 5.74) is 0. The van der Waals surface area contributed by atoms with Crippen molar-refractivity contribution in [3.8, 4) is 0 Å². The van der Waals surface area contributed by atoms with Gasteiger partial charge in [0.25, 0.3) is 0 Å². The van der Waals surface area contributed by atoms with Crippen molar-refractivity contribution in [1.29, 1.82) is 0 Å². The predicted molar refractivity (Wildman–Crippen MR) is 46.7 cm³/mol. The molecule has 0 spiro atoms. The maximum atomic E-state index is 13.3. The van der Waals surface area contributed by atoms with Crippen LogP contribution >= 0.6 is 0 Å². The van der Waals surface area contributed by atoms with Crippen LogP contribution in [0.5, 0.6) is 0 Å². The van der Waals surface area contributed by atoms with E-state index in [1.165, 1.54) is 0 Å². The fourth-order valence-electron chi connectivity index (χ4n) is 1.61. The van der Waals surface area contributed by atoms with Gasteiger partial charge in [-0.15, -0.1) is 0 Å². The molecule has 0 amide bonds. The summed E-state index contributed by atoms with van der Waals surface area (Å²) in [6.07, 6.45) is -2.29. The first-order valence-corrected chi connectivity index (χ1v) is 4.81. The van der Waals surface area contributed by atoms with E-state index in [1.54, 1.807) is 0 Å². The zero-order chi connectivity index (χ0) is 10.6. The molecular formula is C10H14F4. The molecule has 0 aromatic rings. The van der Waals surface area contributed by atoms with Crippen LogP contribution in [0.4, 0.5) is 17.6 Å². The van der Waals surface area contributed by atoms with Crippen molar-refractivity contribution in [2.24, 2.45) is 0 Å². The highest BCUT2D eigenvalue weighted by atomic mass is 19.2. The molecule has 3 unspecified atom stereocenters. The van der Waals surface area contributed by atoms with Gasteiger partial charge in [0.2, 0.25) is 0 Å². The summed E-state index contributed by atoms with van der Waals surface area (Å²) in [4.78, 5) is 0. The zero-order valence-corrected chi connectivity index (χ0v) is 7.86. The molecule has 4 heteroatoms. The van der Waals surface area contributed by atoms with Crippen molar-refractivity contribution in [2.75, 3.05) is 6.67 Å². The topological polar surface area (TPSA) is 0 Å². The fourth-order valence-corrected chi connectivity index (χ4v) is 1.61. The van der Waals surface area contributed by atoms with Crippen molar-refractivity contribution in [3.63, 3.8) is 0 Å². The van der Waals surface area contributed by atoms with Crippen LogP contribution in [0, 0.1) is 12.3 Å². The van der Waals surface area contributed by atoms with Gasteiger partial charge in [-0.3, -0.25) is 0 Å². The first-order valence-electron chi connectivity index (χ1n) is 4.81. The summed E-state index contributed by atoms with van der Waals surface area (Å²) in [6.45, 7) is -1.46. The van der Waals surface area contributed by atoms with Gasteiger partial charge in [0.15, 0.2) is 12.3 Å². The third-order valence-electron chi connectivity index (χ3n) is 2.50. The van der Waals surface area contributed by atoms with Gasteiger partial charge >= 0.3 is 0 Å². The van der Waals surface area contributed by atoms with Gasteiger partial charge in [-0.1, -0.05) is 0 Å². The Hall–Kier alpha value is -0.280. The lowest BCUT2D eigenvalue weighted by molar-refractivity contribution is 0.0681. The Labute approximate surface area is 81.7 Å². The molecule has 1 aliphatic rings. The lowest BCUT2D eigenvalue weighted by Gasteiger charge is -2.26. The normalized spacial score (nSPS) is 25.7. The van der Waals surface area contributed by atoms with Crippen LogP contribution in [0.1, 0.15) is 25.7 Å². The van der Waals surface area contributed by atoms with Crippen LogP contribution in [0.25, 0.3) is 0 Å². The van der Waals surface area contributed by atoms with E-state index >= 15 is 0 Å². The number of hydrogen-bond acceptors (Lipinski definition) is 0. The number of rotatable bonds is 4. The molecule has 1 rings (SSSR count). The van der Waals surface area contributed by atoms with Crippen LogP contribution < -0.4 is 0 Å². The Bertz CT molecular complexity index is 154. The van der Waals surface area contributed by atoms with Crippen LogP contribution in [0.3, 0.4) is 0 Å². The molecule has 0 nitrogen and oxygen atoms in total. The smallest absolute Gasteiger partial charge is 0.165 e. The van der Waals surface area contributed by atoms with E-state index in [1.807, 2.05) is 6.42 Å². The van der Waals surface area contributed by atoms with Gasteiger partial charge in [-0.2, -0.15) is 0 Å². The van der Waals surface area contributed by atoms with E-state index < -0.39 is 25.2 Å². The first kappa shape index (κ1) is 11.8. The summed E-state index contributed by atoms with van der Waals surface area (Å²) < 4.78 is 50.5. The number of halogens is 4. The molecule has 82 valence electrons. The van der Waals surface area contributed by atoms with E-state index in [0.29, 0.717) is 31.6 Å². The monoisotopic (exact) mass is 210 g/mol. The van der Waals surface area contributed by atoms with E-state index in [9.17, 15) is 17.6 Å². The first-order chi connectivity index (χ1) is 6.66. The van der Waals surface area contributed by atoms with Crippen molar-refractivity contribution in [1.82, 2.24) is 0 Å². The van der Waals surface area contributed by atoms with Gasteiger partial charge in [-0.05, 0) is 32.1 Å². The summed E-state index contributed by atoms with van der Waals surface area (Å²) in [6, 6.07) is 0. The third kappa shape index (κ3) is 2.85. The lowest BCUT2D eigenvalue weighted by Crippen LogP contribution is -2.34. The molecule has 0 aromatic carbocycles. The molecule has 0 bridgehead atoms. The predicted octanol–water partition coefficient (Wildman–Crippen LogP) is 3.32. The summed E-state index contributed by atoms with van der Waals surface area (Å²) in [5.74, 6) is 0.385. The van der Waals surface area contributed by atoms with Crippen LogP contribution in [0.15, 0.2) is 0 Å². The number of alkyl halides is 4. The largest absolute Gasteiger partial charge is 0.248 e. The Balaban J connectivity index is 2.41. The second-order valence-corrected chi connectivity index (χ2v) is 3.54. The second-order valence-electron chi connectivity index (χ2n) is 3.54. The van der Waals surface area contributed by atoms with Crippen molar-refractivity contribution in [2.45, 2.75) is 44.2 Å². The van der Waals surface area contributed by atoms with Crippen LogP contribution in [0.2, 0.25) is 0 Å². The average molecular weight is 210 g/mol. The lowest BCUT2D eigenvalue weighted by atomic mass is 9.84. The molecule has 0 saturated heterocycles. The maximum absolute atomic E-state index is 13.3. The van der Waals surface area contributed by atoms with Gasteiger partial charge in [0, 0.05) is 5.92 Å². The van der Waals surface area contributed by atoms with Crippen molar-refractivity contribution < 1.29 is 17.6 Å². The van der Waals surface area contributed by atoms with E-state index in [2.05, 4.69) is 0 Å². The second kappa shape index (κ2) is 5.56. The molecule has 1 fully saturated rings. The molecule has 0 aliphatic heterocycles.